The molecule has 3 aromatic carbocycles. The quantitative estimate of drug-likeness (QED) is 0.256. The van der Waals surface area contributed by atoms with Gasteiger partial charge in [-0.3, -0.25) is 9.36 Å². The molecule has 0 unspecified atom stereocenters. The molecule has 0 aliphatic heterocycles. The lowest BCUT2D eigenvalue weighted by molar-refractivity contribution is -0.139. The van der Waals surface area contributed by atoms with Crippen LogP contribution in [-0.4, -0.2) is 34.9 Å². The minimum Gasteiger partial charge on any atom is -0.480 e. The van der Waals surface area contributed by atoms with Gasteiger partial charge in [0.05, 0.1) is 17.4 Å². The van der Waals surface area contributed by atoms with Gasteiger partial charge in [-0.05, 0) is 81.3 Å². The predicted molar refractivity (Wildman–Crippen MR) is 156 cm³/mol. The summed E-state index contributed by atoms with van der Waals surface area (Å²) < 4.78 is 25.4. The van der Waals surface area contributed by atoms with Crippen LogP contribution in [0.2, 0.25) is 0 Å². The Morgan fingerprint density at radius 2 is 1.28 bits per heavy atom. The Morgan fingerprint density at radius 1 is 0.821 bits per heavy atom. The average molecular weight is 550 g/mol. The summed E-state index contributed by atoms with van der Waals surface area (Å²) >= 11 is 0. The number of hydrogen-bond acceptors (Lipinski definition) is 5. The second-order valence-corrected chi connectivity index (χ2v) is 14.1. The van der Waals surface area contributed by atoms with Gasteiger partial charge in [-0.2, -0.15) is 0 Å². The van der Waals surface area contributed by atoms with E-state index in [2.05, 4.69) is 29.6 Å². The van der Waals surface area contributed by atoms with Crippen LogP contribution in [0.1, 0.15) is 69.7 Å². The number of rotatable bonds is 10. The number of carboxylic acid groups (broad SMARTS) is 1. The topological polar surface area (TPSA) is 84.9 Å². The summed E-state index contributed by atoms with van der Waals surface area (Å²) in [4.78, 5) is 12.2. The number of nitrogens with one attached hydrogen (secondary N) is 1. The van der Waals surface area contributed by atoms with Gasteiger partial charge in [0.1, 0.15) is 6.04 Å². The van der Waals surface area contributed by atoms with Crippen LogP contribution < -0.4 is 5.32 Å². The van der Waals surface area contributed by atoms with Gasteiger partial charge in [-0.25, -0.2) is 0 Å². The van der Waals surface area contributed by atoms with Crippen molar-refractivity contribution in [3.05, 3.63) is 95.1 Å². The number of benzene rings is 3. The highest BCUT2D eigenvalue weighted by atomic mass is 31.2. The molecule has 0 bridgehead atoms. The Kier molecular flexibility index (Phi) is 8.53. The SMILES string of the molecule is CC(C)(C)OP(=O)(Cc1ccc(C[C@H](NCC2c3ccccc3-c3ccccc32)C(=O)O)cc1)OC(C)(C)C. The Bertz CT molecular complexity index is 1290. The number of aliphatic carboxylic acids is 1. The lowest BCUT2D eigenvalue weighted by Crippen LogP contribution is -2.40. The van der Waals surface area contributed by atoms with Gasteiger partial charge in [-0.15, -0.1) is 0 Å². The van der Waals surface area contributed by atoms with E-state index in [1.165, 1.54) is 22.3 Å². The Labute approximate surface area is 232 Å². The summed E-state index contributed by atoms with van der Waals surface area (Å²) in [5.41, 5.74) is 5.32. The van der Waals surface area contributed by atoms with Crippen LogP contribution in [0.25, 0.3) is 11.1 Å². The molecule has 0 radical (unpaired) electrons. The number of fused-ring (bicyclic) bond motifs is 3. The van der Waals surface area contributed by atoms with Crippen LogP contribution >= 0.6 is 7.60 Å². The first-order valence-corrected chi connectivity index (χ1v) is 15.2. The minimum absolute atomic E-state index is 0.0985. The minimum atomic E-state index is -3.43. The highest BCUT2D eigenvalue weighted by molar-refractivity contribution is 7.53. The Hall–Kier alpha value is -2.76. The fourth-order valence-electron chi connectivity index (χ4n) is 5.14. The van der Waals surface area contributed by atoms with Crippen molar-refractivity contribution >= 4 is 13.6 Å². The van der Waals surface area contributed by atoms with Crippen LogP contribution in [0.15, 0.2) is 72.8 Å². The van der Waals surface area contributed by atoms with Gasteiger partial charge < -0.3 is 19.5 Å². The van der Waals surface area contributed by atoms with Crippen LogP contribution in [0, 0.1) is 0 Å². The molecule has 4 rings (SSSR count). The lowest BCUT2D eigenvalue weighted by Gasteiger charge is -2.32. The monoisotopic (exact) mass is 549 g/mol. The molecule has 0 saturated carbocycles. The molecule has 0 saturated heterocycles. The molecule has 7 heteroatoms. The molecule has 2 N–H and O–H groups in total. The highest BCUT2D eigenvalue weighted by Crippen LogP contribution is 2.57. The third kappa shape index (κ3) is 7.67. The van der Waals surface area contributed by atoms with Gasteiger partial charge in [-0.1, -0.05) is 72.8 Å². The van der Waals surface area contributed by atoms with E-state index >= 15 is 0 Å². The molecule has 0 aromatic heterocycles. The third-order valence-corrected chi connectivity index (χ3v) is 8.90. The zero-order valence-electron chi connectivity index (χ0n) is 23.7. The van der Waals surface area contributed by atoms with Crippen molar-refractivity contribution in [2.24, 2.45) is 0 Å². The Balaban J connectivity index is 1.45. The van der Waals surface area contributed by atoms with Crippen LogP contribution in [0.4, 0.5) is 0 Å². The highest BCUT2D eigenvalue weighted by Gasteiger charge is 2.35. The van der Waals surface area contributed by atoms with E-state index in [0.717, 1.165) is 11.1 Å². The van der Waals surface area contributed by atoms with E-state index in [9.17, 15) is 14.5 Å². The third-order valence-electron chi connectivity index (χ3n) is 6.49. The molecular weight excluding hydrogens is 509 g/mol. The van der Waals surface area contributed by atoms with Crippen LogP contribution in [0.3, 0.4) is 0 Å². The summed E-state index contributed by atoms with van der Waals surface area (Å²) in [5.74, 6) is -0.790. The molecule has 0 amide bonds. The first-order chi connectivity index (χ1) is 18.2. The van der Waals surface area contributed by atoms with E-state index in [1.54, 1.807) is 0 Å². The van der Waals surface area contributed by atoms with E-state index < -0.39 is 30.8 Å². The largest absolute Gasteiger partial charge is 0.480 e. The summed E-state index contributed by atoms with van der Waals surface area (Å²) in [5, 5.41) is 13.3. The maximum absolute atomic E-state index is 13.6. The fraction of sp³-hybridized carbons (Fsp3) is 0.406. The van der Waals surface area contributed by atoms with E-state index in [0.29, 0.717) is 13.0 Å². The maximum Gasteiger partial charge on any atom is 0.336 e. The van der Waals surface area contributed by atoms with Crippen molar-refractivity contribution in [2.45, 2.75) is 77.3 Å². The summed E-state index contributed by atoms with van der Waals surface area (Å²) in [6.45, 7) is 11.7. The standard InChI is InChI=1S/C32H40NO5P/c1-31(2,3)37-39(36,38-32(4,5)6)21-23-17-15-22(16-18-23)19-29(30(34)35)33-20-28-26-13-9-7-11-24(26)25-12-8-10-14-27(25)28/h7-18,28-29,33H,19-21H2,1-6H3,(H,34,35)/t29-/m0/s1. The second kappa shape index (κ2) is 11.4. The van der Waals surface area contributed by atoms with Crippen LogP contribution in [-0.2, 0) is 31.0 Å². The van der Waals surface area contributed by atoms with Gasteiger partial charge in [0.2, 0.25) is 0 Å². The summed E-state index contributed by atoms with van der Waals surface area (Å²) in [6, 6.07) is 23.5. The average Bonchev–Trinajstić information content (AvgIpc) is 3.14. The van der Waals surface area contributed by atoms with Gasteiger partial charge >= 0.3 is 13.6 Å². The molecule has 0 fully saturated rings. The predicted octanol–water partition coefficient (Wildman–Crippen LogP) is 7.41. The first kappa shape index (κ1) is 29.2. The fourth-order valence-corrected chi connectivity index (χ4v) is 7.64. The van der Waals surface area contributed by atoms with Crippen molar-refractivity contribution in [1.82, 2.24) is 5.32 Å². The molecule has 1 aliphatic carbocycles. The zero-order chi connectivity index (χ0) is 28.4. The molecule has 6 nitrogen and oxygen atoms in total. The normalized spacial score (nSPS) is 14.6. The first-order valence-electron chi connectivity index (χ1n) is 13.5. The van der Waals surface area contributed by atoms with Gasteiger partial charge in [0.25, 0.3) is 0 Å². The molecular formula is C32H40NO5P. The molecule has 208 valence electrons. The van der Waals surface area contributed by atoms with E-state index in [1.807, 2.05) is 90.1 Å². The zero-order valence-corrected chi connectivity index (χ0v) is 24.6. The Morgan fingerprint density at radius 3 is 1.74 bits per heavy atom. The molecule has 0 heterocycles. The van der Waals surface area contributed by atoms with Crippen molar-refractivity contribution in [3.8, 4) is 11.1 Å². The van der Waals surface area contributed by atoms with Crippen molar-refractivity contribution in [3.63, 3.8) is 0 Å². The van der Waals surface area contributed by atoms with Crippen molar-refractivity contribution in [1.29, 1.82) is 0 Å². The number of carboxylic acids is 1. The summed E-state index contributed by atoms with van der Waals surface area (Å²) in [6.07, 6.45) is 0.475. The number of hydrogen-bond donors (Lipinski definition) is 2. The smallest absolute Gasteiger partial charge is 0.336 e. The van der Waals surface area contributed by atoms with Gasteiger partial charge in [0.15, 0.2) is 0 Å². The second-order valence-electron chi connectivity index (χ2n) is 12.2. The van der Waals surface area contributed by atoms with Gasteiger partial charge in [0, 0.05) is 12.5 Å². The molecule has 1 aliphatic rings. The lowest BCUT2D eigenvalue weighted by atomic mass is 9.96. The molecule has 0 spiro atoms. The molecule has 39 heavy (non-hydrogen) atoms. The van der Waals surface area contributed by atoms with Crippen LogP contribution in [0.5, 0.6) is 0 Å². The van der Waals surface area contributed by atoms with Crippen molar-refractivity contribution in [2.75, 3.05) is 6.54 Å². The molecule has 3 aromatic rings. The maximum atomic E-state index is 13.6. The van der Waals surface area contributed by atoms with E-state index in [4.69, 9.17) is 9.05 Å². The van der Waals surface area contributed by atoms with E-state index in [-0.39, 0.29) is 12.1 Å². The molecule has 1 atom stereocenters. The van der Waals surface area contributed by atoms with Crippen molar-refractivity contribution < 1.29 is 23.5 Å². The number of carbonyl (C=O) groups is 1. The summed E-state index contributed by atoms with van der Waals surface area (Å²) in [7, 11) is -3.43.